The van der Waals surface area contributed by atoms with Crippen molar-refractivity contribution in [2.75, 3.05) is 19.0 Å². The highest BCUT2D eigenvalue weighted by Gasteiger charge is 2.14. The number of fused-ring (bicyclic) bond motifs is 1. The predicted octanol–water partition coefficient (Wildman–Crippen LogP) is 4.46. The van der Waals surface area contributed by atoms with Gasteiger partial charge in [-0.1, -0.05) is 30.3 Å². The van der Waals surface area contributed by atoms with Crippen molar-refractivity contribution in [1.82, 2.24) is 9.55 Å². The Morgan fingerprint density at radius 1 is 0.880 bits per heavy atom. The summed E-state index contributed by atoms with van der Waals surface area (Å²) in [5, 5.41) is 9.95. The van der Waals surface area contributed by atoms with E-state index in [4.69, 9.17) is 4.98 Å². The maximum Gasteiger partial charge on any atom is 0.145 e. The Morgan fingerprint density at radius 2 is 1.60 bits per heavy atom. The zero-order valence-corrected chi connectivity index (χ0v) is 14.2. The lowest BCUT2D eigenvalue weighted by molar-refractivity contribution is 0.476. The maximum atomic E-state index is 9.95. The van der Waals surface area contributed by atoms with E-state index in [2.05, 4.69) is 33.7 Å². The Morgan fingerprint density at radius 3 is 2.28 bits per heavy atom. The van der Waals surface area contributed by atoms with Crippen molar-refractivity contribution in [1.29, 1.82) is 0 Å². The summed E-state index contributed by atoms with van der Waals surface area (Å²) in [6, 6.07) is 23.7. The predicted molar refractivity (Wildman–Crippen MR) is 102 cm³/mol. The highest BCUT2D eigenvalue weighted by Crippen LogP contribution is 2.31. The van der Waals surface area contributed by atoms with Gasteiger partial charge in [0.1, 0.15) is 11.6 Å². The summed E-state index contributed by atoms with van der Waals surface area (Å²) in [5.74, 6) is 1.09. The topological polar surface area (TPSA) is 41.3 Å². The molecule has 0 bridgehead atoms. The van der Waals surface area contributed by atoms with E-state index in [1.54, 1.807) is 12.1 Å². The molecule has 4 rings (SSSR count). The average Bonchev–Trinajstić information content (AvgIpc) is 3.01. The van der Waals surface area contributed by atoms with Gasteiger partial charge in [-0.3, -0.25) is 4.57 Å². The lowest BCUT2D eigenvalue weighted by atomic mass is 10.2. The van der Waals surface area contributed by atoms with Crippen LogP contribution < -0.4 is 4.90 Å². The van der Waals surface area contributed by atoms with E-state index in [1.807, 2.05) is 50.5 Å². The molecular weight excluding hydrogens is 310 g/mol. The highest BCUT2D eigenvalue weighted by atomic mass is 16.3. The molecule has 0 aliphatic rings. The molecule has 0 saturated heterocycles. The van der Waals surface area contributed by atoms with Crippen LogP contribution in [0.15, 0.2) is 72.8 Å². The molecule has 25 heavy (non-hydrogen) atoms. The average molecular weight is 329 g/mol. The van der Waals surface area contributed by atoms with Gasteiger partial charge in [-0.15, -0.1) is 0 Å². The van der Waals surface area contributed by atoms with Crippen molar-refractivity contribution in [3.63, 3.8) is 0 Å². The van der Waals surface area contributed by atoms with Crippen LogP contribution in [-0.2, 0) is 0 Å². The number of aromatic hydroxyl groups is 1. The van der Waals surface area contributed by atoms with E-state index in [9.17, 15) is 5.11 Å². The quantitative estimate of drug-likeness (QED) is 0.603. The third kappa shape index (κ3) is 2.72. The SMILES string of the molecule is CN(C)c1ccc(-n2c(-c3ccccc3)nc3ccc(O)cc32)cc1. The zero-order chi connectivity index (χ0) is 17.4. The summed E-state index contributed by atoms with van der Waals surface area (Å²) in [6.07, 6.45) is 0. The molecule has 0 unspecified atom stereocenters. The molecule has 4 aromatic rings. The van der Waals surface area contributed by atoms with Crippen LogP contribution in [0.25, 0.3) is 28.1 Å². The Labute approximate surface area is 146 Å². The summed E-state index contributed by atoms with van der Waals surface area (Å²) >= 11 is 0. The van der Waals surface area contributed by atoms with E-state index in [-0.39, 0.29) is 5.75 Å². The molecule has 0 aliphatic carbocycles. The summed E-state index contributed by atoms with van der Waals surface area (Å²) in [7, 11) is 4.05. The second-order valence-electron chi connectivity index (χ2n) is 6.22. The van der Waals surface area contributed by atoms with Crippen LogP contribution in [-0.4, -0.2) is 28.8 Å². The molecule has 0 saturated carbocycles. The third-order valence-electron chi connectivity index (χ3n) is 4.29. The molecule has 0 fully saturated rings. The summed E-state index contributed by atoms with van der Waals surface area (Å²) < 4.78 is 2.09. The van der Waals surface area contributed by atoms with E-state index in [0.29, 0.717) is 0 Å². The molecule has 0 atom stereocenters. The molecule has 0 amide bonds. The van der Waals surface area contributed by atoms with Gasteiger partial charge >= 0.3 is 0 Å². The largest absolute Gasteiger partial charge is 0.508 e. The van der Waals surface area contributed by atoms with Gasteiger partial charge in [0, 0.05) is 37.1 Å². The molecule has 0 spiro atoms. The van der Waals surface area contributed by atoms with E-state index in [0.717, 1.165) is 33.8 Å². The number of hydrogen-bond acceptors (Lipinski definition) is 3. The van der Waals surface area contributed by atoms with Crippen molar-refractivity contribution in [2.24, 2.45) is 0 Å². The van der Waals surface area contributed by atoms with Crippen molar-refractivity contribution >= 4 is 16.7 Å². The standard InChI is InChI=1S/C21H19N3O/c1-23(2)16-8-10-17(11-9-16)24-20-14-18(25)12-13-19(20)22-21(24)15-6-4-3-5-7-15/h3-14,25H,1-2H3. The molecule has 4 heteroatoms. The van der Waals surface area contributed by atoms with Crippen LogP contribution in [0.5, 0.6) is 5.75 Å². The maximum absolute atomic E-state index is 9.95. The number of rotatable bonds is 3. The minimum Gasteiger partial charge on any atom is -0.508 e. The number of phenols is 1. The van der Waals surface area contributed by atoms with Crippen molar-refractivity contribution in [3.05, 3.63) is 72.8 Å². The first-order valence-electron chi connectivity index (χ1n) is 8.18. The molecule has 1 aromatic heterocycles. The summed E-state index contributed by atoms with van der Waals surface area (Å²) in [4.78, 5) is 6.87. The minimum atomic E-state index is 0.234. The second kappa shape index (κ2) is 5.98. The number of hydrogen-bond donors (Lipinski definition) is 1. The van der Waals surface area contributed by atoms with Crippen LogP contribution in [0.1, 0.15) is 0 Å². The van der Waals surface area contributed by atoms with Gasteiger partial charge in [0.05, 0.1) is 11.0 Å². The van der Waals surface area contributed by atoms with Crippen LogP contribution in [0, 0.1) is 0 Å². The lowest BCUT2D eigenvalue weighted by Crippen LogP contribution is -2.08. The monoisotopic (exact) mass is 329 g/mol. The van der Waals surface area contributed by atoms with Gasteiger partial charge < -0.3 is 10.0 Å². The van der Waals surface area contributed by atoms with E-state index in [1.165, 1.54) is 0 Å². The number of anilines is 1. The van der Waals surface area contributed by atoms with Crippen LogP contribution in [0.4, 0.5) is 5.69 Å². The van der Waals surface area contributed by atoms with Crippen LogP contribution in [0.3, 0.4) is 0 Å². The van der Waals surface area contributed by atoms with E-state index < -0.39 is 0 Å². The van der Waals surface area contributed by atoms with Gasteiger partial charge in [-0.2, -0.15) is 0 Å². The van der Waals surface area contributed by atoms with Gasteiger partial charge in [0.15, 0.2) is 0 Å². The van der Waals surface area contributed by atoms with Gasteiger partial charge in [0.25, 0.3) is 0 Å². The third-order valence-corrected chi connectivity index (χ3v) is 4.29. The van der Waals surface area contributed by atoms with Gasteiger partial charge in [-0.05, 0) is 36.4 Å². The molecule has 1 N–H and O–H groups in total. The van der Waals surface area contributed by atoms with Crippen molar-refractivity contribution in [3.8, 4) is 22.8 Å². The number of nitrogens with zero attached hydrogens (tertiary/aromatic N) is 3. The number of benzene rings is 3. The Hall–Kier alpha value is -3.27. The fourth-order valence-electron chi connectivity index (χ4n) is 3.01. The molecule has 3 aromatic carbocycles. The Balaban J connectivity index is 1.98. The molecule has 4 nitrogen and oxygen atoms in total. The molecule has 0 radical (unpaired) electrons. The number of phenolic OH excluding ortho intramolecular Hbond substituents is 1. The van der Waals surface area contributed by atoms with Gasteiger partial charge in [-0.25, -0.2) is 4.98 Å². The molecule has 124 valence electrons. The summed E-state index contributed by atoms with van der Waals surface area (Å²) in [6.45, 7) is 0. The second-order valence-corrected chi connectivity index (χ2v) is 6.22. The van der Waals surface area contributed by atoms with Crippen molar-refractivity contribution < 1.29 is 5.11 Å². The Kier molecular flexibility index (Phi) is 3.65. The first kappa shape index (κ1) is 15.3. The molecule has 1 heterocycles. The lowest BCUT2D eigenvalue weighted by Gasteiger charge is -2.14. The number of aromatic nitrogens is 2. The smallest absolute Gasteiger partial charge is 0.145 e. The molecular formula is C21H19N3O. The summed E-state index contributed by atoms with van der Waals surface area (Å²) in [5.41, 5.74) is 4.93. The molecule has 0 aliphatic heterocycles. The van der Waals surface area contributed by atoms with Crippen LogP contribution in [0.2, 0.25) is 0 Å². The number of imidazole rings is 1. The first-order valence-corrected chi connectivity index (χ1v) is 8.18. The normalized spacial score (nSPS) is 11.0. The van der Waals surface area contributed by atoms with Crippen LogP contribution >= 0.6 is 0 Å². The fourth-order valence-corrected chi connectivity index (χ4v) is 3.01. The minimum absolute atomic E-state index is 0.234. The van der Waals surface area contributed by atoms with Crippen molar-refractivity contribution in [2.45, 2.75) is 0 Å². The fraction of sp³-hybridized carbons (Fsp3) is 0.0952. The van der Waals surface area contributed by atoms with Gasteiger partial charge in [0.2, 0.25) is 0 Å². The zero-order valence-electron chi connectivity index (χ0n) is 14.2. The Bertz CT molecular complexity index is 1020. The highest BCUT2D eigenvalue weighted by molar-refractivity contribution is 5.84. The van der Waals surface area contributed by atoms with E-state index >= 15 is 0 Å². The first-order chi connectivity index (χ1) is 12.1.